The van der Waals surface area contributed by atoms with Crippen molar-refractivity contribution in [3.05, 3.63) is 23.7 Å². The van der Waals surface area contributed by atoms with Gasteiger partial charge in [0, 0.05) is 7.05 Å². The molecule has 20 heavy (non-hydrogen) atoms. The van der Waals surface area contributed by atoms with Gasteiger partial charge in [-0.2, -0.15) is 0 Å². The lowest BCUT2D eigenvalue weighted by Crippen LogP contribution is -2.47. The molecule has 0 aliphatic carbocycles. The first kappa shape index (κ1) is 14.4. The fourth-order valence-electron chi connectivity index (χ4n) is 2.08. The van der Waals surface area contributed by atoms with Gasteiger partial charge in [-0.05, 0) is 19.1 Å². The van der Waals surface area contributed by atoms with Crippen molar-refractivity contribution in [3.63, 3.8) is 0 Å². The van der Waals surface area contributed by atoms with Crippen LogP contribution >= 0.6 is 0 Å². The maximum Gasteiger partial charge on any atom is 0.317 e. The molecule has 7 heteroatoms. The highest BCUT2D eigenvalue weighted by molar-refractivity contribution is 5.77. The number of hydrogen-bond donors (Lipinski definition) is 2. The van der Waals surface area contributed by atoms with Crippen molar-refractivity contribution in [1.29, 1.82) is 0 Å². The highest BCUT2D eigenvalue weighted by Gasteiger charge is 2.35. The number of urea groups is 1. The Hall–Kier alpha value is -2.02. The fraction of sp³-hybridized carbons (Fsp3) is 0.538. The van der Waals surface area contributed by atoms with Crippen LogP contribution in [-0.2, 0) is 16.1 Å². The van der Waals surface area contributed by atoms with Crippen molar-refractivity contribution in [3.8, 4) is 0 Å². The number of aliphatic carboxylic acids is 1. The fourth-order valence-corrected chi connectivity index (χ4v) is 2.08. The molecule has 0 saturated carbocycles. The molecule has 2 unspecified atom stereocenters. The van der Waals surface area contributed by atoms with Crippen LogP contribution in [0.1, 0.15) is 11.5 Å². The lowest BCUT2D eigenvalue weighted by atomic mass is 10.0. The van der Waals surface area contributed by atoms with Gasteiger partial charge in [-0.1, -0.05) is 0 Å². The average Bonchev–Trinajstić information content (AvgIpc) is 2.98. The predicted octanol–water partition coefficient (Wildman–Crippen LogP) is 0.829. The number of rotatable bonds is 4. The summed E-state index contributed by atoms with van der Waals surface area (Å²) in [5.41, 5.74) is 0. The SMILES string of the molecule is Cc1ccc(CN(C)C(=O)NC2COCC2C(=O)O)o1. The number of hydrogen-bond acceptors (Lipinski definition) is 4. The van der Waals surface area contributed by atoms with Crippen LogP contribution in [0.5, 0.6) is 0 Å². The van der Waals surface area contributed by atoms with Gasteiger partial charge in [-0.15, -0.1) is 0 Å². The van der Waals surface area contributed by atoms with Crippen LogP contribution in [0.4, 0.5) is 4.79 Å². The van der Waals surface area contributed by atoms with Crippen LogP contribution < -0.4 is 5.32 Å². The second-order valence-electron chi connectivity index (χ2n) is 4.91. The first-order valence-electron chi connectivity index (χ1n) is 6.35. The number of amides is 2. The second kappa shape index (κ2) is 5.96. The highest BCUT2D eigenvalue weighted by Crippen LogP contribution is 2.15. The molecule has 1 saturated heterocycles. The van der Waals surface area contributed by atoms with Crippen LogP contribution in [0.3, 0.4) is 0 Å². The Morgan fingerprint density at radius 3 is 2.80 bits per heavy atom. The summed E-state index contributed by atoms with van der Waals surface area (Å²) in [6.07, 6.45) is 0. The molecule has 110 valence electrons. The molecular weight excluding hydrogens is 264 g/mol. The number of nitrogens with one attached hydrogen (secondary N) is 1. The topological polar surface area (TPSA) is 92.0 Å². The summed E-state index contributed by atoms with van der Waals surface area (Å²) in [6.45, 7) is 2.50. The lowest BCUT2D eigenvalue weighted by Gasteiger charge is -2.21. The largest absolute Gasteiger partial charge is 0.481 e. The Balaban J connectivity index is 1.89. The summed E-state index contributed by atoms with van der Waals surface area (Å²) in [5.74, 6) is -0.197. The van der Waals surface area contributed by atoms with E-state index in [1.165, 1.54) is 4.90 Å². The molecule has 2 rings (SSSR count). The van der Waals surface area contributed by atoms with E-state index in [0.717, 1.165) is 5.76 Å². The van der Waals surface area contributed by atoms with Gasteiger partial charge in [-0.3, -0.25) is 4.79 Å². The normalized spacial score (nSPS) is 21.7. The van der Waals surface area contributed by atoms with E-state index in [2.05, 4.69) is 5.32 Å². The van der Waals surface area contributed by atoms with Gasteiger partial charge in [-0.25, -0.2) is 4.79 Å². The molecule has 0 spiro atoms. The van der Waals surface area contributed by atoms with Gasteiger partial charge < -0.3 is 24.5 Å². The highest BCUT2D eigenvalue weighted by atomic mass is 16.5. The van der Waals surface area contributed by atoms with E-state index in [-0.39, 0.29) is 19.2 Å². The Labute approximate surface area is 116 Å². The molecule has 7 nitrogen and oxygen atoms in total. The lowest BCUT2D eigenvalue weighted by molar-refractivity contribution is -0.142. The standard InChI is InChI=1S/C13H18N2O5/c1-8-3-4-9(20-8)5-15(2)13(18)14-11-7-19-6-10(11)12(16)17/h3-4,10-11H,5-7H2,1-2H3,(H,14,18)(H,16,17). The predicted molar refractivity (Wildman–Crippen MR) is 69.2 cm³/mol. The zero-order chi connectivity index (χ0) is 14.7. The number of furan rings is 1. The van der Waals surface area contributed by atoms with Crippen molar-refractivity contribution < 1.29 is 23.8 Å². The Bertz CT molecular complexity index is 499. The van der Waals surface area contributed by atoms with E-state index in [4.69, 9.17) is 14.3 Å². The molecule has 1 aliphatic heterocycles. The maximum atomic E-state index is 12.0. The zero-order valence-electron chi connectivity index (χ0n) is 11.5. The molecule has 2 N–H and O–H groups in total. The van der Waals surface area contributed by atoms with E-state index in [9.17, 15) is 9.59 Å². The second-order valence-corrected chi connectivity index (χ2v) is 4.91. The molecular formula is C13H18N2O5. The average molecular weight is 282 g/mol. The number of carbonyl (C=O) groups excluding carboxylic acids is 1. The number of carboxylic acid groups (broad SMARTS) is 1. The zero-order valence-corrected chi connectivity index (χ0v) is 11.5. The first-order valence-corrected chi connectivity index (χ1v) is 6.35. The van der Waals surface area contributed by atoms with Crippen LogP contribution in [0, 0.1) is 12.8 Å². The van der Waals surface area contributed by atoms with Crippen LogP contribution in [-0.4, -0.2) is 48.3 Å². The first-order chi connectivity index (χ1) is 9.47. The third-order valence-corrected chi connectivity index (χ3v) is 3.24. The minimum Gasteiger partial charge on any atom is -0.481 e. The molecule has 2 amide bonds. The molecule has 2 heterocycles. The summed E-state index contributed by atoms with van der Waals surface area (Å²) in [4.78, 5) is 24.4. The molecule has 0 aromatic carbocycles. The Kier molecular flexibility index (Phi) is 4.29. The number of nitrogens with zero attached hydrogens (tertiary/aromatic N) is 1. The number of carboxylic acids is 1. The van der Waals surface area contributed by atoms with Crippen molar-refractivity contribution in [2.75, 3.05) is 20.3 Å². The van der Waals surface area contributed by atoms with Crippen molar-refractivity contribution in [2.45, 2.75) is 19.5 Å². The van der Waals surface area contributed by atoms with Crippen LogP contribution in [0.25, 0.3) is 0 Å². The number of aryl methyl sites for hydroxylation is 1. The summed E-state index contributed by atoms with van der Waals surface area (Å²) in [6, 6.07) is 2.78. The molecule has 0 radical (unpaired) electrons. The number of ether oxygens (including phenoxy) is 1. The quantitative estimate of drug-likeness (QED) is 0.853. The van der Waals surface area contributed by atoms with E-state index in [1.54, 1.807) is 13.1 Å². The van der Waals surface area contributed by atoms with Crippen molar-refractivity contribution >= 4 is 12.0 Å². The van der Waals surface area contributed by atoms with Crippen molar-refractivity contribution in [1.82, 2.24) is 10.2 Å². The summed E-state index contributed by atoms with van der Waals surface area (Å²) in [7, 11) is 1.62. The van der Waals surface area contributed by atoms with Gasteiger partial charge in [0.25, 0.3) is 0 Å². The third kappa shape index (κ3) is 3.30. The Morgan fingerprint density at radius 2 is 2.20 bits per heavy atom. The molecule has 1 fully saturated rings. The monoisotopic (exact) mass is 282 g/mol. The maximum absolute atomic E-state index is 12.0. The smallest absolute Gasteiger partial charge is 0.317 e. The summed E-state index contributed by atoms with van der Waals surface area (Å²) >= 11 is 0. The number of carbonyl (C=O) groups is 2. The summed E-state index contributed by atoms with van der Waals surface area (Å²) < 4.78 is 10.5. The molecule has 1 aromatic heterocycles. The van der Waals surface area contributed by atoms with E-state index < -0.39 is 17.9 Å². The molecule has 0 bridgehead atoms. The molecule has 2 atom stereocenters. The minimum absolute atomic E-state index is 0.126. The van der Waals surface area contributed by atoms with Gasteiger partial charge in [0.2, 0.25) is 0 Å². The van der Waals surface area contributed by atoms with Crippen molar-refractivity contribution in [2.24, 2.45) is 5.92 Å². The van der Waals surface area contributed by atoms with Gasteiger partial charge in [0.15, 0.2) is 0 Å². The van der Waals surface area contributed by atoms with Crippen LogP contribution in [0.2, 0.25) is 0 Å². The molecule has 1 aliphatic rings. The van der Waals surface area contributed by atoms with Gasteiger partial charge >= 0.3 is 12.0 Å². The summed E-state index contributed by atoms with van der Waals surface area (Å²) in [5, 5.41) is 11.7. The van der Waals surface area contributed by atoms with Gasteiger partial charge in [0.1, 0.15) is 17.4 Å². The van der Waals surface area contributed by atoms with E-state index >= 15 is 0 Å². The minimum atomic E-state index is -0.961. The van der Waals surface area contributed by atoms with E-state index in [1.807, 2.05) is 13.0 Å². The van der Waals surface area contributed by atoms with Gasteiger partial charge in [0.05, 0.1) is 25.8 Å². The molecule has 1 aromatic rings. The van der Waals surface area contributed by atoms with Crippen LogP contribution in [0.15, 0.2) is 16.5 Å². The van der Waals surface area contributed by atoms with E-state index in [0.29, 0.717) is 12.3 Å². The Morgan fingerprint density at radius 1 is 1.45 bits per heavy atom. The third-order valence-electron chi connectivity index (χ3n) is 3.24.